The van der Waals surface area contributed by atoms with E-state index < -0.39 is 6.04 Å². The first-order chi connectivity index (χ1) is 17.0. The van der Waals surface area contributed by atoms with Gasteiger partial charge in [-0.3, -0.25) is 14.6 Å². The number of ether oxygens (including phenoxy) is 1. The molecule has 4 heterocycles. The van der Waals surface area contributed by atoms with Crippen molar-refractivity contribution < 1.29 is 19.1 Å². The van der Waals surface area contributed by atoms with Gasteiger partial charge in [-0.25, -0.2) is 9.69 Å². The molecule has 0 saturated carbocycles. The lowest BCUT2D eigenvalue weighted by Crippen LogP contribution is -2.55. The first-order valence-corrected chi connectivity index (χ1v) is 11.4. The number of nitrogens with zero attached hydrogens (tertiary/aromatic N) is 5. The van der Waals surface area contributed by atoms with Crippen molar-refractivity contribution >= 4 is 34.4 Å². The molecule has 0 N–H and O–H groups in total. The van der Waals surface area contributed by atoms with Crippen LogP contribution in [0, 0.1) is 11.3 Å². The molecule has 3 aliphatic heterocycles. The van der Waals surface area contributed by atoms with Gasteiger partial charge in [0.1, 0.15) is 17.9 Å². The van der Waals surface area contributed by atoms with Crippen LogP contribution in [0.2, 0.25) is 0 Å². The Morgan fingerprint density at radius 3 is 2.71 bits per heavy atom. The van der Waals surface area contributed by atoms with Crippen molar-refractivity contribution in [2.45, 2.75) is 31.0 Å². The Morgan fingerprint density at radius 2 is 1.97 bits per heavy atom. The van der Waals surface area contributed by atoms with E-state index in [0.29, 0.717) is 35.1 Å². The van der Waals surface area contributed by atoms with E-state index in [-0.39, 0.29) is 36.3 Å². The van der Waals surface area contributed by atoms with Crippen molar-refractivity contribution in [2.75, 3.05) is 18.6 Å². The van der Waals surface area contributed by atoms with Gasteiger partial charge >= 0.3 is 6.03 Å². The van der Waals surface area contributed by atoms with Gasteiger partial charge in [-0.05, 0) is 48.4 Å². The van der Waals surface area contributed by atoms with E-state index in [9.17, 15) is 19.6 Å². The average molecular weight is 467 g/mol. The van der Waals surface area contributed by atoms with Crippen LogP contribution in [0.25, 0.3) is 10.9 Å². The van der Waals surface area contributed by atoms with E-state index in [1.807, 2.05) is 24.3 Å². The van der Waals surface area contributed by atoms with Crippen LogP contribution in [0.5, 0.6) is 5.75 Å². The van der Waals surface area contributed by atoms with Crippen LogP contribution in [0.3, 0.4) is 0 Å². The number of aromatic nitrogens is 1. The lowest BCUT2D eigenvalue weighted by Gasteiger charge is -2.35. The second-order valence-electron chi connectivity index (χ2n) is 8.98. The third-order valence-corrected chi connectivity index (χ3v) is 7.21. The molecule has 2 bridgehead atoms. The van der Waals surface area contributed by atoms with Gasteiger partial charge in [0.15, 0.2) is 0 Å². The second kappa shape index (κ2) is 7.81. The van der Waals surface area contributed by atoms with Gasteiger partial charge in [0.2, 0.25) is 5.91 Å². The number of urea groups is 1. The molecular weight excluding hydrogens is 446 g/mol. The zero-order chi connectivity index (χ0) is 24.3. The maximum atomic E-state index is 13.6. The molecule has 2 unspecified atom stereocenters. The summed E-state index contributed by atoms with van der Waals surface area (Å²) >= 11 is 0. The first-order valence-electron chi connectivity index (χ1n) is 11.4. The molecule has 2 aromatic carbocycles. The van der Waals surface area contributed by atoms with Gasteiger partial charge < -0.3 is 14.5 Å². The fourth-order valence-electron chi connectivity index (χ4n) is 5.63. The van der Waals surface area contributed by atoms with Gasteiger partial charge in [0.25, 0.3) is 5.91 Å². The van der Waals surface area contributed by atoms with Crippen LogP contribution in [0.4, 0.5) is 10.5 Å². The predicted octanol–water partition coefficient (Wildman–Crippen LogP) is 2.48. The summed E-state index contributed by atoms with van der Waals surface area (Å²) in [5.41, 5.74) is 2.09. The highest BCUT2D eigenvalue weighted by molar-refractivity contribution is 6.25. The van der Waals surface area contributed by atoms with E-state index in [2.05, 4.69) is 11.1 Å². The Kier molecular flexibility index (Phi) is 4.71. The standard InChI is InChI=1S/C26H21N5O4/c1-35-18-7-4-15(5-8-18)11-22(32)29-14-17-12-21(29)24-25(33)31(26(34)30(17)24)20-9-6-16(13-27)23-19(20)3-2-10-28-23/h2-10,17,21,24H,11-12,14H2,1H3/t17?,21?,24-/m0/s1. The number of hydrogen-bond acceptors (Lipinski definition) is 6. The zero-order valence-corrected chi connectivity index (χ0v) is 18.9. The summed E-state index contributed by atoms with van der Waals surface area (Å²) < 4.78 is 5.17. The molecule has 9 nitrogen and oxygen atoms in total. The highest BCUT2D eigenvalue weighted by atomic mass is 16.5. The van der Waals surface area contributed by atoms with E-state index in [0.717, 1.165) is 11.3 Å². The summed E-state index contributed by atoms with van der Waals surface area (Å²) in [6, 6.07) is 14.5. The fraction of sp³-hybridized carbons (Fsp3) is 0.269. The smallest absolute Gasteiger partial charge is 0.332 e. The molecule has 9 heteroatoms. The second-order valence-corrected chi connectivity index (χ2v) is 8.98. The Balaban J connectivity index is 1.28. The Morgan fingerprint density at radius 1 is 1.17 bits per heavy atom. The lowest BCUT2D eigenvalue weighted by molar-refractivity contribution is -0.135. The molecule has 0 radical (unpaired) electrons. The molecule has 3 fully saturated rings. The third-order valence-electron chi connectivity index (χ3n) is 7.21. The summed E-state index contributed by atoms with van der Waals surface area (Å²) in [5.74, 6) is 0.311. The van der Waals surface area contributed by atoms with Crippen molar-refractivity contribution in [3.05, 3.63) is 65.9 Å². The number of imide groups is 1. The van der Waals surface area contributed by atoms with Gasteiger partial charge in [-0.2, -0.15) is 5.26 Å². The SMILES string of the molecule is COc1ccc(CC(=O)N2CC3CC2[C@H]2C(=O)N(c4ccc(C#N)c5ncccc45)C(=O)N32)cc1. The van der Waals surface area contributed by atoms with Gasteiger partial charge in [-0.1, -0.05) is 12.1 Å². The van der Waals surface area contributed by atoms with Crippen LogP contribution in [-0.2, 0) is 16.0 Å². The molecule has 174 valence electrons. The molecule has 4 amide bonds. The Hall–Kier alpha value is -4.45. The summed E-state index contributed by atoms with van der Waals surface area (Å²) in [4.78, 5) is 49.1. The molecule has 3 atom stereocenters. The number of hydrogen-bond donors (Lipinski definition) is 0. The van der Waals surface area contributed by atoms with E-state index >= 15 is 0 Å². The minimum absolute atomic E-state index is 0.0611. The summed E-state index contributed by atoms with van der Waals surface area (Å²) in [6.45, 7) is 0.415. The number of nitriles is 1. The maximum Gasteiger partial charge on any atom is 0.332 e. The molecule has 3 aromatic rings. The number of carbonyl (C=O) groups is 3. The van der Waals surface area contributed by atoms with Crippen LogP contribution in [0.15, 0.2) is 54.7 Å². The molecule has 0 spiro atoms. The highest BCUT2D eigenvalue weighted by Crippen LogP contribution is 2.43. The van der Waals surface area contributed by atoms with Gasteiger partial charge in [-0.15, -0.1) is 0 Å². The third kappa shape index (κ3) is 3.06. The van der Waals surface area contributed by atoms with Crippen molar-refractivity contribution in [2.24, 2.45) is 0 Å². The maximum absolute atomic E-state index is 13.6. The lowest BCUT2D eigenvalue weighted by atomic mass is 10.1. The number of amides is 4. The summed E-state index contributed by atoms with van der Waals surface area (Å²) in [7, 11) is 1.59. The Bertz CT molecular complexity index is 1430. The number of pyridine rings is 1. The number of rotatable bonds is 4. The quantitative estimate of drug-likeness (QED) is 0.546. The van der Waals surface area contributed by atoms with E-state index in [1.54, 1.807) is 47.4 Å². The first kappa shape index (κ1) is 21.1. The zero-order valence-electron chi connectivity index (χ0n) is 18.9. The molecule has 3 saturated heterocycles. The molecule has 0 aliphatic carbocycles. The number of fused-ring (bicyclic) bond motifs is 6. The summed E-state index contributed by atoms with van der Waals surface area (Å²) in [5, 5.41) is 9.99. The minimum atomic E-state index is -0.705. The van der Waals surface area contributed by atoms with E-state index in [1.165, 1.54) is 4.90 Å². The van der Waals surface area contributed by atoms with Gasteiger partial charge in [0, 0.05) is 18.1 Å². The van der Waals surface area contributed by atoms with Crippen LogP contribution in [0.1, 0.15) is 17.5 Å². The molecule has 3 aliphatic rings. The topological polar surface area (TPSA) is 107 Å². The number of anilines is 1. The van der Waals surface area contributed by atoms with Crippen LogP contribution in [-0.4, -0.2) is 64.4 Å². The van der Waals surface area contributed by atoms with Crippen molar-refractivity contribution in [1.82, 2.24) is 14.8 Å². The van der Waals surface area contributed by atoms with Gasteiger partial charge in [0.05, 0.1) is 42.4 Å². The number of benzene rings is 2. The van der Waals surface area contributed by atoms with Crippen LogP contribution < -0.4 is 9.64 Å². The fourth-order valence-corrected chi connectivity index (χ4v) is 5.63. The summed E-state index contributed by atoms with van der Waals surface area (Å²) in [6.07, 6.45) is 2.39. The van der Waals surface area contributed by atoms with Crippen molar-refractivity contribution in [3.8, 4) is 11.8 Å². The van der Waals surface area contributed by atoms with Crippen LogP contribution >= 0.6 is 0 Å². The minimum Gasteiger partial charge on any atom is -0.497 e. The van der Waals surface area contributed by atoms with Crippen molar-refractivity contribution in [3.63, 3.8) is 0 Å². The number of piperazine rings is 1. The Labute approximate surface area is 201 Å². The monoisotopic (exact) mass is 467 g/mol. The predicted molar refractivity (Wildman–Crippen MR) is 126 cm³/mol. The number of methoxy groups -OCH3 is 1. The highest BCUT2D eigenvalue weighted by Gasteiger charge is 2.62. The normalized spacial score (nSPS) is 22.6. The largest absolute Gasteiger partial charge is 0.497 e. The van der Waals surface area contributed by atoms with E-state index in [4.69, 9.17) is 4.74 Å². The molecule has 1 aromatic heterocycles. The average Bonchev–Trinajstić information content (AvgIpc) is 3.55. The molecule has 35 heavy (non-hydrogen) atoms. The molecule has 6 rings (SSSR count). The number of likely N-dealkylation sites (tertiary alicyclic amines) is 1. The number of carbonyl (C=O) groups excluding carboxylic acids is 3. The molecular formula is C26H21N5O4. The van der Waals surface area contributed by atoms with Crippen molar-refractivity contribution in [1.29, 1.82) is 5.26 Å².